The number of nitrogens with zero attached hydrogens (tertiary/aromatic N) is 4. The highest BCUT2D eigenvalue weighted by Crippen LogP contribution is 2.34. The molecule has 2 aromatic rings. The second-order valence-electron chi connectivity index (χ2n) is 9.99. The highest BCUT2D eigenvalue weighted by Gasteiger charge is 2.34. The molecule has 1 fully saturated rings. The number of hydrogen-bond acceptors (Lipinski definition) is 8. The topological polar surface area (TPSA) is 119 Å². The van der Waals surface area contributed by atoms with Gasteiger partial charge >= 0.3 is 6.18 Å². The van der Waals surface area contributed by atoms with Crippen LogP contribution >= 0.6 is 0 Å². The molecular weight excluding hydrogens is 575 g/mol. The van der Waals surface area contributed by atoms with Crippen LogP contribution in [-0.4, -0.2) is 91.3 Å². The van der Waals surface area contributed by atoms with E-state index >= 15 is 0 Å². The summed E-state index contributed by atoms with van der Waals surface area (Å²) in [6.07, 6.45) is 2.61. The van der Waals surface area contributed by atoms with Gasteiger partial charge in [0.25, 0.3) is 5.91 Å². The van der Waals surface area contributed by atoms with Crippen LogP contribution in [0.5, 0.6) is 0 Å². The van der Waals surface area contributed by atoms with Gasteiger partial charge in [-0.2, -0.15) is 13.2 Å². The number of aliphatic imine (C=N–C) groups is 1. The van der Waals surface area contributed by atoms with Gasteiger partial charge in [-0.15, -0.1) is 0 Å². The molecule has 1 saturated heterocycles. The molecule has 0 aliphatic carbocycles. The van der Waals surface area contributed by atoms with Crippen LogP contribution in [0.3, 0.4) is 0 Å². The summed E-state index contributed by atoms with van der Waals surface area (Å²) in [5.74, 6) is 5.50. The number of methoxy groups -OCH3 is 1. The number of piperazine rings is 1. The summed E-state index contributed by atoms with van der Waals surface area (Å²) in [6, 6.07) is 3.86. The quantitative estimate of drug-likeness (QED) is 0.114. The van der Waals surface area contributed by atoms with Gasteiger partial charge in [0.05, 0.1) is 18.4 Å². The number of rotatable bonds is 11. The molecule has 1 amide bonds. The highest BCUT2D eigenvalue weighted by molar-refractivity contribution is 6.03. The second-order valence-corrected chi connectivity index (χ2v) is 9.99. The third-order valence-electron chi connectivity index (χ3n) is 6.41. The molecular formula is C31H36F3N7O3. The fourth-order valence-electron chi connectivity index (χ4n) is 3.93. The van der Waals surface area contributed by atoms with Crippen molar-refractivity contribution in [2.24, 2.45) is 4.99 Å². The maximum atomic E-state index is 13.9. The SMILES string of the molecule is C=C(C#Cc1cnc(/C=C\C(=N)OCCOC)[nH]1)/C=N\C=C(/C)C(=O)Nc1ccc(CN2CCN(C)CC2)c(C(F)(F)F)c1. The average molecular weight is 612 g/mol. The number of hydrogen-bond donors (Lipinski definition) is 3. The van der Waals surface area contributed by atoms with Crippen molar-refractivity contribution in [3.8, 4) is 11.8 Å². The van der Waals surface area contributed by atoms with Crippen LogP contribution in [-0.2, 0) is 27.0 Å². The van der Waals surface area contributed by atoms with Gasteiger partial charge in [0.1, 0.15) is 18.1 Å². The minimum Gasteiger partial charge on any atom is -0.476 e. The first-order chi connectivity index (χ1) is 20.9. The summed E-state index contributed by atoms with van der Waals surface area (Å²) in [4.78, 5) is 27.9. The maximum Gasteiger partial charge on any atom is 0.416 e. The van der Waals surface area contributed by atoms with Gasteiger partial charge in [-0.25, -0.2) is 4.98 Å². The van der Waals surface area contributed by atoms with E-state index in [0.29, 0.717) is 36.8 Å². The summed E-state index contributed by atoms with van der Waals surface area (Å²) >= 11 is 0. The van der Waals surface area contributed by atoms with E-state index in [1.54, 1.807) is 13.2 Å². The first kappa shape index (κ1) is 34.0. The number of imidazole rings is 1. The third kappa shape index (κ3) is 11.3. The Morgan fingerprint density at radius 1 is 1.27 bits per heavy atom. The molecule has 0 atom stereocenters. The zero-order valence-electron chi connectivity index (χ0n) is 24.9. The number of ether oxygens (including phenoxy) is 2. The number of nitrogens with one attached hydrogen (secondary N) is 3. The number of aromatic nitrogens is 2. The molecule has 1 aliphatic rings. The Labute approximate surface area is 254 Å². The standard InChI is InChI=1S/C31H36F3N7O3/c1-22(5-7-26-20-37-29(38-26)10-9-28(35)44-16-15-43-4)18-36-19-23(2)30(42)39-25-8-6-24(27(17-25)31(32,33)34)21-41-13-11-40(3)12-14-41/h6,8-10,17-20,35H,1,11-16,21H2,2-4H3,(H,37,38)(H,39,42)/b10-9-,23-19+,35-28?,36-18-. The number of halogens is 3. The van der Waals surface area contributed by atoms with Crippen LogP contribution in [0.2, 0.25) is 0 Å². The lowest BCUT2D eigenvalue weighted by Gasteiger charge is -2.33. The van der Waals surface area contributed by atoms with E-state index < -0.39 is 17.6 Å². The summed E-state index contributed by atoms with van der Waals surface area (Å²) in [6.45, 7) is 9.11. The molecule has 2 heterocycles. The van der Waals surface area contributed by atoms with Gasteiger partial charge in [-0.05, 0) is 43.7 Å². The summed E-state index contributed by atoms with van der Waals surface area (Å²) in [7, 11) is 3.53. The molecule has 10 nitrogen and oxygen atoms in total. The average Bonchev–Trinajstić information content (AvgIpc) is 3.44. The van der Waals surface area contributed by atoms with E-state index in [9.17, 15) is 18.0 Å². The van der Waals surface area contributed by atoms with Crippen LogP contribution in [0, 0.1) is 17.3 Å². The third-order valence-corrected chi connectivity index (χ3v) is 6.41. The molecule has 1 aromatic heterocycles. The summed E-state index contributed by atoms with van der Waals surface area (Å²) < 4.78 is 51.6. The number of carbonyl (C=O) groups is 1. The van der Waals surface area contributed by atoms with Crippen LogP contribution in [0.25, 0.3) is 6.08 Å². The predicted molar refractivity (Wildman–Crippen MR) is 164 cm³/mol. The van der Waals surface area contributed by atoms with E-state index in [1.165, 1.54) is 43.7 Å². The Bertz CT molecular complexity index is 1470. The van der Waals surface area contributed by atoms with Crippen molar-refractivity contribution in [1.29, 1.82) is 5.41 Å². The Morgan fingerprint density at radius 3 is 2.73 bits per heavy atom. The summed E-state index contributed by atoms with van der Waals surface area (Å²) in [5, 5.41) is 10.2. The number of aromatic amines is 1. The Balaban J connectivity index is 1.55. The lowest BCUT2D eigenvalue weighted by atomic mass is 10.0. The second kappa shape index (κ2) is 16.4. The molecule has 1 aliphatic heterocycles. The summed E-state index contributed by atoms with van der Waals surface area (Å²) in [5.41, 5.74) is 0.475. The van der Waals surface area contributed by atoms with E-state index in [2.05, 4.69) is 43.6 Å². The molecule has 3 N–H and O–H groups in total. The van der Waals surface area contributed by atoms with Crippen LogP contribution in [0.4, 0.5) is 18.9 Å². The predicted octanol–water partition coefficient (Wildman–Crippen LogP) is 4.35. The van der Waals surface area contributed by atoms with Gasteiger partial charge in [0.2, 0.25) is 5.90 Å². The number of amides is 1. The van der Waals surface area contributed by atoms with Gasteiger partial charge in [0.15, 0.2) is 0 Å². The zero-order chi connectivity index (χ0) is 32.1. The zero-order valence-corrected chi connectivity index (χ0v) is 24.9. The number of carbonyl (C=O) groups excluding carboxylic acids is 1. The highest BCUT2D eigenvalue weighted by atomic mass is 19.4. The van der Waals surface area contributed by atoms with Crippen molar-refractivity contribution < 1.29 is 27.4 Å². The van der Waals surface area contributed by atoms with Gasteiger partial charge < -0.3 is 24.7 Å². The number of likely N-dealkylation sites (N-methyl/N-ethyl adjacent to an activating group) is 1. The van der Waals surface area contributed by atoms with Crippen molar-refractivity contribution >= 4 is 29.8 Å². The molecule has 13 heteroatoms. The minimum atomic E-state index is -4.56. The van der Waals surface area contributed by atoms with Crippen molar-refractivity contribution in [3.63, 3.8) is 0 Å². The maximum absolute atomic E-state index is 13.9. The lowest BCUT2D eigenvalue weighted by Crippen LogP contribution is -2.44. The first-order valence-electron chi connectivity index (χ1n) is 13.7. The largest absolute Gasteiger partial charge is 0.476 e. The number of anilines is 1. The molecule has 234 valence electrons. The van der Waals surface area contributed by atoms with Crippen molar-refractivity contribution in [1.82, 2.24) is 19.8 Å². The van der Waals surface area contributed by atoms with Crippen molar-refractivity contribution in [2.75, 3.05) is 58.9 Å². The Hall–Kier alpha value is -4.51. The van der Waals surface area contributed by atoms with Crippen molar-refractivity contribution in [3.05, 3.63) is 77.0 Å². The number of allylic oxidation sites excluding steroid dienone is 1. The molecule has 0 spiro atoms. The van der Waals surface area contributed by atoms with Gasteiger partial charge in [-0.1, -0.05) is 18.6 Å². The molecule has 0 radical (unpaired) electrons. The number of H-pyrrole nitrogens is 1. The first-order valence-corrected chi connectivity index (χ1v) is 13.7. The van der Waals surface area contributed by atoms with Crippen LogP contribution < -0.4 is 5.32 Å². The molecule has 0 unspecified atom stereocenters. The van der Waals surface area contributed by atoms with Crippen LogP contribution in [0.15, 0.2) is 59.4 Å². The monoisotopic (exact) mass is 611 g/mol. The Kier molecular flexibility index (Phi) is 12.6. The number of alkyl halides is 3. The fourth-order valence-corrected chi connectivity index (χ4v) is 3.93. The lowest BCUT2D eigenvalue weighted by molar-refractivity contribution is -0.138. The molecule has 0 bridgehead atoms. The molecule has 3 rings (SSSR count). The van der Waals surface area contributed by atoms with E-state index in [0.717, 1.165) is 19.2 Å². The fraction of sp³-hybridized carbons (Fsp3) is 0.355. The van der Waals surface area contributed by atoms with Gasteiger partial charge in [-0.3, -0.25) is 20.1 Å². The van der Waals surface area contributed by atoms with Crippen molar-refractivity contribution in [2.45, 2.75) is 19.6 Å². The van der Waals surface area contributed by atoms with Crippen LogP contribution in [0.1, 0.15) is 29.6 Å². The molecule has 1 aromatic carbocycles. The Morgan fingerprint density at radius 2 is 2.02 bits per heavy atom. The molecule has 0 saturated carbocycles. The van der Waals surface area contributed by atoms with E-state index in [4.69, 9.17) is 14.9 Å². The number of benzene rings is 1. The van der Waals surface area contributed by atoms with Gasteiger partial charge in [0, 0.05) is 75.2 Å². The molecule has 44 heavy (non-hydrogen) atoms. The smallest absolute Gasteiger partial charge is 0.416 e. The van der Waals surface area contributed by atoms with E-state index in [1.807, 2.05) is 11.9 Å². The van der Waals surface area contributed by atoms with E-state index in [-0.39, 0.29) is 35.9 Å². The normalized spacial score (nSPS) is 14.9. The minimum absolute atomic E-state index is 0.0339.